The molecule has 14 nitrogen and oxygen atoms in total. The minimum Gasteiger partial charge on any atom is -0.870 e. The Morgan fingerprint density at radius 2 is 0.875 bits per heavy atom. The van der Waals surface area contributed by atoms with Gasteiger partial charge >= 0.3 is 0 Å². The molecule has 0 unspecified atom stereocenters. The molecule has 0 rings (SSSR count). The number of hydrogen-bond acceptors (Lipinski definition) is 8. The molecule has 0 fully saturated rings. The van der Waals surface area contributed by atoms with Gasteiger partial charge in [0.15, 0.2) is 0 Å². The summed E-state index contributed by atoms with van der Waals surface area (Å²) in [6.07, 6.45) is 2.45. The smallest absolute Gasteiger partial charge is 0.265 e. The Labute approximate surface area is 240 Å². The Morgan fingerprint density at radius 1 is 0.625 bits per heavy atom. The second-order valence-electron chi connectivity index (χ2n) is 10.8. The molecule has 0 spiro atoms. The number of hydrogen-bond donors (Lipinski definition) is 4. The van der Waals surface area contributed by atoms with Crippen LogP contribution in [-0.4, -0.2) is 137 Å². The molecule has 40 heavy (non-hydrogen) atoms. The SMILES string of the molecule is C=C(C)C(=O)NCCC[N+](C)(C)CCCS(=O)(=O)O.C=C(C)C(=O)NCCC[N+](C)(C)CCCS(=O)(=O)O.[OH-].[OH-]. The molecular weight excluding hydrogens is 568 g/mol. The molecule has 0 heterocycles. The molecule has 2 amide bonds. The van der Waals surface area contributed by atoms with E-state index < -0.39 is 20.2 Å². The second kappa shape index (κ2) is 20.9. The Hall–Kier alpha value is -1.92. The first-order valence-electron chi connectivity index (χ1n) is 12.5. The number of nitrogens with one attached hydrogen (secondary N) is 2. The second-order valence-corrected chi connectivity index (χ2v) is 14.0. The highest BCUT2D eigenvalue weighted by Crippen LogP contribution is 2.04. The topological polar surface area (TPSA) is 227 Å². The summed E-state index contributed by atoms with van der Waals surface area (Å²) in [5.41, 5.74) is 0.976. The van der Waals surface area contributed by atoms with E-state index in [1.165, 1.54) is 0 Å². The third kappa shape index (κ3) is 30.6. The maximum atomic E-state index is 11.2. The molecular formula is C24H52N4O10S2. The fourth-order valence-corrected chi connectivity index (χ4v) is 4.28. The number of nitrogens with zero attached hydrogens (tertiary/aromatic N) is 2. The minimum atomic E-state index is -3.87. The van der Waals surface area contributed by atoms with Crippen molar-refractivity contribution in [1.82, 2.24) is 10.6 Å². The van der Waals surface area contributed by atoms with E-state index in [0.717, 1.165) is 25.9 Å². The van der Waals surface area contributed by atoms with Gasteiger partial charge in [-0.05, 0) is 13.8 Å². The van der Waals surface area contributed by atoms with Crippen molar-refractivity contribution in [3.05, 3.63) is 24.3 Å². The summed E-state index contributed by atoms with van der Waals surface area (Å²) in [6.45, 7) is 14.5. The van der Waals surface area contributed by atoms with Gasteiger partial charge in [-0.25, -0.2) is 0 Å². The van der Waals surface area contributed by atoms with Crippen LogP contribution >= 0.6 is 0 Å². The average molecular weight is 621 g/mol. The summed E-state index contributed by atoms with van der Waals surface area (Å²) in [5.74, 6) is -0.698. The molecule has 0 aromatic carbocycles. The Morgan fingerprint density at radius 3 is 1.10 bits per heavy atom. The van der Waals surface area contributed by atoms with Gasteiger partial charge in [0.2, 0.25) is 11.8 Å². The zero-order valence-corrected chi connectivity index (χ0v) is 26.5. The van der Waals surface area contributed by atoms with Crippen LogP contribution in [0.25, 0.3) is 0 Å². The zero-order valence-electron chi connectivity index (χ0n) is 24.8. The normalized spacial score (nSPS) is 11.6. The van der Waals surface area contributed by atoms with Gasteiger partial charge in [0.05, 0.1) is 65.9 Å². The van der Waals surface area contributed by atoms with Gasteiger partial charge in [-0.1, -0.05) is 13.2 Å². The first kappa shape index (κ1) is 45.1. The van der Waals surface area contributed by atoms with Gasteiger partial charge in [-0.3, -0.25) is 18.7 Å². The van der Waals surface area contributed by atoms with Crippen molar-refractivity contribution in [1.29, 1.82) is 0 Å². The predicted molar refractivity (Wildman–Crippen MR) is 155 cm³/mol. The van der Waals surface area contributed by atoms with Gasteiger partial charge in [0, 0.05) is 49.9 Å². The van der Waals surface area contributed by atoms with Gasteiger partial charge in [0.1, 0.15) is 0 Å². The highest BCUT2D eigenvalue weighted by molar-refractivity contribution is 7.86. The molecule has 0 aliphatic carbocycles. The lowest BCUT2D eigenvalue weighted by Gasteiger charge is -2.29. The summed E-state index contributed by atoms with van der Waals surface area (Å²) < 4.78 is 61.0. The van der Waals surface area contributed by atoms with Crippen LogP contribution in [0.2, 0.25) is 0 Å². The first-order valence-corrected chi connectivity index (χ1v) is 15.7. The summed E-state index contributed by atoms with van der Waals surface area (Å²) in [7, 11) is 0.224. The van der Waals surface area contributed by atoms with E-state index >= 15 is 0 Å². The number of quaternary nitrogens is 2. The van der Waals surface area contributed by atoms with Crippen molar-refractivity contribution in [3.8, 4) is 0 Å². The van der Waals surface area contributed by atoms with E-state index in [4.69, 9.17) is 9.11 Å². The van der Waals surface area contributed by atoms with E-state index in [1.54, 1.807) is 13.8 Å². The number of carbonyl (C=O) groups is 2. The Bertz CT molecular complexity index is 915. The third-order valence-electron chi connectivity index (χ3n) is 5.56. The third-order valence-corrected chi connectivity index (χ3v) is 7.17. The fraction of sp³-hybridized carbons (Fsp3) is 0.750. The van der Waals surface area contributed by atoms with Crippen molar-refractivity contribution >= 4 is 32.1 Å². The summed E-state index contributed by atoms with van der Waals surface area (Å²) in [6, 6.07) is 0. The first-order chi connectivity index (χ1) is 17.1. The molecule has 16 heteroatoms. The van der Waals surface area contributed by atoms with Gasteiger partial charge in [-0.2, -0.15) is 16.8 Å². The molecule has 0 atom stereocenters. The maximum Gasteiger partial charge on any atom is 0.265 e. The van der Waals surface area contributed by atoms with Crippen molar-refractivity contribution in [3.63, 3.8) is 0 Å². The lowest BCUT2D eigenvalue weighted by atomic mass is 10.3. The lowest BCUT2D eigenvalue weighted by Crippen LogP contribution is -2.43. The van der Waals surface area contributed by atoms with Gasteiger partial charge in [0.25, 0.3) is 20.2 Å². The summed E-state index contributed by atoms with van der Waals surface area (Å²) in [5, 5.41) is 5.50. The molecule has 0 aliphatic heterocycles. The predicted octanol–water partition coefficient (Wildman–Crippen LogP) is 0.493. The van der Waals surface area contributed by atoms with E-state index in [9.17, 15) is 26.4 Å². The van der Waals surface area contributed by atoms with E-state index in [2.05, 4.69) is 23.8 Å². The molecule has 0 aromatic heterocycles. The zero-order chi connectivity index (χ0) is 30.2. The largest absolute Gasteiger partial charge is 0.870 e. The van der Waals surface area contributed by atoms with E-state index in [0.29, 0.717) is 59.1 Å². The maximum absolute atomic E-state index is 11.2. The lowest BCUT2D eigenvalue weighted by molar-refractivity contribution is -0.890. The van der Waals surface area contributed by atoms with Crippen LogP contribution in [0.5, 0.6) is 0 Å². The number of carbonyl (C=O) groups excluding carboxylic acids is 2. The van der Waals surface area contributed by atoms with Gasteiger partial charge < -0.3 is 30.6 Å². The van der Waals surface area contributed by atoms with Gasteiger partial charge in [-0.15, -0.1) is 0 Å². The van der Waals surface area contributed by atoms with E-state index in [1.807, 2.05) is 28.2 Å². The summed E-state index contributed by atoms with van der Waals surface area (Å²) >= 11 is 0. The van der Waals surface area contributed by atoms with Crippen LogP contribution in [0.1, 0.15) is 39.5 Å². The minimum absolute atomic E-state index is 0. The van der Waals surface area contributed by atoms with Crippen molar-refractivity contribution in [2.24, 2.45) is 0 Å². The molecule has 0 aliphatic rings. The van der Waals surface area contributed by atoms with Crippen molar-refractivity contribution in [2.75, 3.05) is 79.0 Å². The van der Waals surface area contributed by atoms with Crippen LogP contribution in [0.15, 0.2) is 24.3 Å². The molecule has 0 saturated carbocycles. The molecule has 0 saturated heterocycles. The average Bonchev–Trinajstić information content (AvgIpc) is 2.72. The highest BCUT2D eigenvalue weighted by atomic mass is 32.2. The van der Waals surface area contributed by atoms with Crippen molar-refractivity contribution < 1.29 is 55.4 Å². The highest BCUT2D eigenvalue weighted by Gasteiger charge is 2.17. The molecule has 0 radical (unpaired) electrons. The van der Waals surface area contributed by atoms with Crippen LogP contribution < -0.4 is 10.6 Å². The molecule has 0 aromatic rings. The number of amides is 2. The summed E-state index contributed by atoms with van der Waals surface area (Å²) in [4.78, 5) is 22.5. The monoisotopic (exact) mass is 620 g/mol. The Kier molecular flexibility index (Phi) is 23.5. The van der Waals surface area contributed by atoms with Crippen LogP contribution in [0, 0.1) is 0 Å². The van der Waals surface area contributed by atoms with E-state index in [-0.39, 0.29) is 34.3 Å². The molecule has 6 N–H and O–H groups in total. The van der Waals surface area contributed by atoms with Crippen LogP contribution in [0.4, 0.5) is 0 Å². The molecule has 0 bridgehead atoms. The van der Waals surface area contributed by atoms with Crippen LogP contribution in [0.3, 0.4) is 0 Å². The number of rotatable bonds is 18. The quantitative estimate of drug-likeness (QED) is 0.0717. The Balaban J connectivity index is -0.000000309. The fourth-order valence-electron chi connectivity index (χ4n) is 3.29. The van der Waals surface area contributed by atoms with Crippen molar-refractivity contribution in [2.45, 2.75) is 39.5 Å². The molecule has 240 valence electrons. The standard InChI is InChI=1S/2C12H24N2O4S.2H2O/c2*1-11(2)12(15)13-7-5-8-14(3,4)9-6-10-19(16,17)18;;/h2*1,5-10H2,2-4H3,(H-,13,15,16,17,18);2*1H2. The van der Waals surface area contributed by atoms with Crippen LogP contribution in [-0.2, 0) is 29.8 Å².